The van der Waals surface area contributed by atoms with Crippen LogP contribution in [-0.2, 0) is 9.53 Å². The van der Waals surface area contributed by atoms with Crippen molar-refractivity contribution in [2.24, 2.45) is 11.8 Å². The zero-order chi connectivity index (χ0) is 7.84. The second-order valence-corrected chi connectivity index (χ2v) is 3.80. The first-order chi connectivity index (χ1) is 5.27. The van der Waals surface area contributed by atoms with Gasteiger partial charge in [0.2, 0.25) is 0 Å². The Morgan fingerprint density at radius 3 is 3.09 bits per heavy atom. The number of hydrogen-bond donors (Lipinski definition) is 0. The molecule has 1 saturated carbocycles. The highest BCUT2D eigenvalue weighted by molar-refractivity contribution is 5.73. The quantitative estimate of drug-likeness (QED) is 0.497. The fourth-order valence-corrected chi connectivity index (χ4v) is 2.24. The van der Waals surface area contributed by atoms with Crippen LogP contribution in [0.25, 0.3) is 0 Å². The van der Waals surface area contributed by atoms with Gasteiger partial charge in [-0.3, -0.25) is 4.79 Å². The maximum atomic E-state index is 11.1. The van der Waals surface area contributed by atoms with Crippen LogP contribution >= 0.6 is 0 Å². The van der Waals surface area contributed by atoms with Crippen molar-refractivity contribution in [3.8, 4) is 0 Å². The number of esters is 1. The molecule has 2 aliphatic rings. The predicted molar refractivity (Wildman–Crippen MR) is 41.0 cm³/mol. The Balaban J connectivity index is 2.06. The van der Waals surface area contributed by atoms with E-state index in [9.17, 15) is 4.79 Å². The van der Waals surface area contributed by atoms with Gasteiger partial charge in [0.1, 0.15) is 6.10 Å². The van der Waals surface area contributed by atoms with E-state index >= 15 is 0 Å². The van der Waals surface area contributed by atoms with E-state index in [1.165, 1.54) is 12.8 Å². The van der Waals surface area contributed by atoms with Crippen molar-refractivity contribution in [1.82, 2.24) is 0 Å². The first-order valence-electron chi connectivity index (χ1n) is 4.48. The van der Waals surface area contributed by atoms with Gasteiger partial charge in [0.25, 0.3) is 0 Å². The molecule has 1 heterocycles. The molecule has 1 aliphatic carbocycles. The highest BCUT2D eigenvalue weighted by Gasteiger charge is 2.37. The van der Waals surface area contributed by atoms with Crippen LogP contribution in [0.4, 0.5) is 0 Å². The molecule has 0 aromatic rings. The zero-order valence-electron chi connectivity index (χ0n) is 6.88. The summed E-state index contributed by atoms with van der Waals surface area (Å²) < 4.78 is 5.28. The number of ether oxygens (including phenoxy) is 1. The van der Waals surface area contributed by atoms with Gasteiger partial charge in [-0.15, -0.1) is 0 Å². The Kier molecular flexibility index (Phi) is 1.63. The van der Waals surface area contributed by atoms with Crippen molar-refractivity contribution < 1.29 is 9.53 Å². The second-order valence-electron chi connectivity index (χ2n) is 3.80. The lowest BCUT2D eigenvalue weighted by Crippen LogP contribution is -2.33. The van der Waals surface area contributed by atoms with Gasteiger partial charge in [-0.05, 0) is 31.6 Å². The lowest BCUT2D eigenvalue weighted by Gasteiger charge is -2.28. The molecule has 0 bridgehead atoms. The smallest absolute Gasteiger partial charge is 0.308 e. The van der Waals surface area contributed by atoms with Crippen LogP contribution in [0.15, 0.2) is 0 Å². The molecule has 0 radical (unpaired) electrons. The lowest BCUT2D eigenvalue weighted by molar-refractivity contribution is -0.162. The van der Waals surface area contributed by atoms with Gasteiger partial charge in [0, 0.05) is 0 Å². The average molecular weight is 154 g/mol. The van der Waals surface area contributed by atoms with Crippen molar-refractivity contribution in [3.05, 3.63) is 0 Å². The molecule has 0 amide bonds. The van der Waals surface area contributed by atoms with E-state index in [1.807, 2.05) is 6.92 Å². The maximum Gasteiger partial charge on any atom is 0.308 e. The number of carbonyl (C=O) groups excluding carboxylic acids is 1. The third-order valence-corrected chi connectivity index (χ3v) is 2.92. The van der Waals surface area contributed by atoms with E-state index in [4.69, 9.17) is 4.74 Å². The highest BCUT2D eigenvalue weighted by atomic mass is 16.5. The maximum absolute atomic E-state index is 11.1. The molecule has 0 aromatic carbocycles. The Labute approximate surface area is 66.9 Å². The van der Waals surface area contributed by atoms with Gasteiger partial charge in [0.15, 0.2) is 0 Å². The fraction of sp³-hybridized carbons (Fsp3) is 0.889. The molecular formula is C9H14O2. The Hall–Kier alpha value is -0.530. The molecule has 2 rings (SSSR count). The third kappa shape index (κ3) is 1.15. The molecule has 2 fully saturated rings. The van der Waals surface area contributed by atoms with Crippen molar-refractivity contribution >= 4 is 5.97 Å². The van der Waals surface area contributed by atoms with Crippen molar-refractivity contribution in [2.45, 2.75) is 38.7 Å². The molecule has 2 heteroatoms. The van der Waals surface area contributed by atoms with Crippen LogP contribution in [0.2, 0.25) is 0 Å². The minimum absolute atomic E-state index is 0.0214. The third-order valence-electron chi connectivity index (χ3n) is 2.92. The Bertz CT molecular complexity index is 176. The van der Waals surface area contributed by atoms with Crippen LogP contribution in [-0.4, -0.2) is 12.1 Å². The second kappa shape index (κ2) is 2.50. The van der Waals surface area contributed by atoms with Crippen molar-refractivity contribution in [3.63, 3.8) is 0 Å². The summed E-state index contributed by atoms with van der Waals surface area (Å²) in [5, 5.41) is 0. The molecule has 1 saturated heterocycles. The summed E-state index contributed by atoms with van der Waals surface area (Å²) in [5.41, 5.74) is 0. The molecular weight excluding hydrogens is 140 g/mol. The normalized spacial score (nSPS) is 43.4. The number of fused-ring (bicyclic) bond motifs is 1. The minimum atomic E-state index is 0.0214. The van der Waals surface area contributed by atoms with E-state index in [0.29, 0.717) is 5.92 Å². The molecule has 0 N–H and O–H groups in total. The van der Waals surface area contributed by atoms with Gasteiger partial charge >= 0.3 is 5.97 Å². The van der Waals surface area contributed by atoms with Crippen molar-refractivity contribution in [1.29, 1.82) is 0 Å². The van der Waals surface area contributed by atoms with Gasteiger partial charge in [0.05, 0.1) is 5.92 Å². The fourth-order valence-electron chi connectivity index (χ4n) is 2.24. The molecule has 0 unspecified atom stereocenters. The Morgan fingerprint density at radius 1 is 1.45 bits per heavy atom. The lowest BCUT2D eigenvalue weighted by atomic mass is 9.90. The number of carbonyl (C=O) groups is 1. The molecule has 0 aromatic heterocycles. The summed E-state index contributed by atoms with van der Waals surface area (Å²) in [6, 6.07) is 0. The topological polar surface area (TPSA) is 26.3 Å². The van der Waals surface area contributed by atoms with E-state index in [1.54, 1.807) is 0 Å². The summed E-state index contributed by atoms with van der Waals surface area (Å²) >= 11 is 0. The van der Waals surface area contributed by atoms with Crippen LogP contribution in [0.3, 0.4) is 0 Å². The van der Waals surface area contributed by atoms with Gasteiger partial charge in [-0.2, -0.15) is 0 Å². The molecule has 0 spiro atoms. The van der Waals surface area contributed by atoms with Crippen LogP contribution in [0.5, 0.6) is 0 Å². The predicted octanol–water partition coefficient (Wildman–Crippen LogP) is 1.74. The molecule has 2 nitrogen and oxygen atoms in total. The van der Waals surface area contributed by atoms with Crippen LogP contribution in [0.1, 0.15) is 32.6 Å². The molecule has 62 valence electrons. The summed E-state index contributed by atoms with van der Waals surface area (Å²) in [6.45, 7) is 1.97. The standard InChI is InChI=1S/C9H14O2/c1-6-5-7-3-2-4-8(7)11-9(6)10/h6-8H,2-5H2,1H3/t6-,7+,8-/m0/s1. The monoisotopic (exact) mass is 154 g/mol. The minimum Gasteiger partial charge on any atom is -0.462 e. The van der Waals surface area contributed by atoms with E-state index in [0.717, 1.165) is 12.8 Å². The first kappa shape index (κ1) is 7.14. The van der Waals surface area contributed by atoms with Crippen molar-refractivity contribution in [2.75, 3.05) is 0 Å². The first-order valence-corrected chi connectivity index (χ1v) is 4.48. The molecule has 1 aliphatic heterocycles. The summed E-state index contributed by atoms with van der Waals surface area (Å²) in [6.07, 6.45) is 4.95. The summed E-state index contributed by atoms with van der Waals surface area (Å²) in [4.78, 5) is 11.1. The van der Waals surface area contributed by atoms with Gasteiger partial charge < -0.3 is 4.74 Å². The number of hydrogen-bond acceptors (Lipinski definition) is 2. The largest absolute Gasteiger partial charge is 0.462 e. The van der Waals surface area contributed by atoms with Gasteiger partial charge in [-0.25, -0.2) is 0 Å². The van der Waals surface area contributed by atoms with E-state index in [2.05, 4.69) is 0 Å². The molecule has 3 atom stereocenters. The molecule has 11 heavy (non-hydrogen) atoms. The average Bonchev–Trinajstić information content (AvgIpc) is 2.36. The zero-order valence-corrected chi connectivity index (χ0v) is 6.88. The van der Waals surface area contributed by atoms with Crippen LogP contribution < -0.4 is 0 Å². The van der Waals surface area contributed by atoms with E-state index < -0.39 is 0 Å². The van der Waals surface area contributed by atoms with Crippen LogP contribution in [0, 0.1) is 11.8 Å². The Morgan fingerprint density at radius 2 is 2.27 bits per heavy atom. The summed E-state index contributed by atoms with van der Waals surface area (Å²) in [7, 11) is 0. The van der Waals surface area contributed by atoms with Gasteiger partial charge in [-0.1, -0.05) is 6.92 Å². The summed E-state index contributed by atoms with van der Waals surface area (Å²) in [5.74, 6) is 0.852. The highest BCUT2D eigenvalue weighted by Crippen LogP contribution is 2.37. The number of rotatable bonds is 0. The van der Waals surface area contributed by atoms with E-state index in [-0.39, 0.29) is 18.0 Å². The SMILES string of the molecule is C[C@H]1C[C@H]2CCC[C@@H]2OC1=O.